The van der Waals surface area contributed by atoms with Crippen LogP contribution in [-0.2, 0) is 24.4 Å². The SMILES string of the molecule is COCCn1nc(C)c(CNC(=O)Nc2cccc(Cn3nc(C)cc3C)c2)c1C. The summed E-state index contributed by atoms with van der Waals surface area (Å²) < 4.78 is 9.00. The van der Waals surface area contributed by atoms with Crippen LogP contribution in [0.2, 0.25) is 0 Å². The Balaban J connectivity index is 1.59. The third-order valence-electron chi connectivity index (χ3n) is 5.08. The van der Waals surface area contributed by atoms with E-state index in [-0.39, 0.29) is 6.03 Å². The van der Waals surface area contributed by atoms with Gasteiger partial charge in [0, 0.05) is 36.3 Å². The van der Waals surface area contributed by atoms with Gasteiger partial charge in [0.15, 0.2) is 0 Å². The fraction of sp³-hybridized carbons (Fsp3) is 0.409. The van der Waals surface area contributed by atoms with Crippen molar-refractivity contribution in [2.75, 3.05) is 19.0 Å². The molecular weight excluding hydrogens is 380 g/mol. The van der Waals surface area contributed by atoms with Crippen molar-refractivity contribution in [3.63, 3.8) is 0 Å². The third kappa shape index (κ3) is 5.27. The van der Waals surface area contributed by atoms with Gasteiger partial charge in [-0.15, -0.1) is 0 Å². The normalized spacial score (nSPS) is 11.0. The average Bonchev–Trinajstić information content (AvgIpc) is 3.15. The van der Waals surface area contributed by atoms with Crippen LogP contribution in [0.4, 0.5) is 10.5 Å². The number of amides is 2. The minimum Gasteiger partial charge on any atom is -0.383 e. The lowest BCUT2D eigenvalue weighted by atomic mass is 10.2. The molecule has 0 saturated carbocycles. The van der Waals surface area contributed by atoms with Crippen LogP contribution in [-0.4, -0.2) is 39.3 Å². The van der Waals surface area contributed by atoms with E-state index >= 15 is 0 Å². The fourth-order valence-electron chi connectivity index (χ4n) is 3.48. The van der Waals surface area contributed by atoms with Crippen LogP contribution in [0.5, 0.6) is 0 Å². The minimum atomic E-state index is -0.248. The van der Waals surface area contributed by atoms with Crippen LogP contribution in [0.15, 0.2) is 30.3 Å². The number of carbonyl (C=O) groups is 1. The van der Waals surface area contributed by atoms with Gasteiger partial charge < -0.3 is 15.4 Å². The number of anilines is 1. The molecule has 2 amide bonds. The lowest BCUT2D eigenvalue weighted by molar-refractivity contribution is 0.182. The first-order valence-electron chi connectivity index (χ1n) is 10.0. The number of benzene rings is 1. The number of carbonyl (C=O) groups excluding carboxylic acids is 1. The smallest absolute Gasteiger partial charge is 0.319 e. The van der Waals surface area contributed by atoms with Crippen molar-refractivity contribution in [3.8, 4) is 0 Å². The highest BCUT2D eigenvalue weighted by Crippen LogP contribution is 2.15. The van der Waals surface area contributed by atoms with E-state index in [0.717, 1.165) is 39.6 Å². The standard InChI is InChI=1S/C22H30N6O2/c1-15-11-16(2)28(25-15)14-19-7-6-8-20(12-19)24-22(29)23-13-21-17(3)26-27(18(21)4)9-10-30-5/h6-8,11-12H,9-10,13-14H2,1-5H3,(H2,23,24,29). The number of nitrogens with zero attached hydrogens (tertiary/aromatic N) is 4. The van der Waals surface area contributed by atoms with Crippen LogP contribution in [0.3, 0.4) is 0 Å². The number of urea groups is 1. The van der Waals surface area contributed by atoms with Crippen LogP contribution in [0.1, 0.15) is 33.9 Å². The molecule has 0 aliphatic rings. The number of methoxy groups -OCH3 is 1. The summed E-state index contributed by atoms with van der Waals surface area (Å²) in [7, 11) is 1.67. The van der Waals surface area contributed by atoms with Crippen LogP contribution < -0.4 is 10.6 Å². The molecule has 30 heavy (non-hydrogen) atoms. The van der Waals surface area contributed by atoms with Crippen molar-refractivity contribution >= 4 is 11.7 Å². The Morgan fingerprint density at radius 2 is 1.90 bits per heavy atom. The van der Waals surface area contributed by atoms with Gasteiger partial charge in [-0.25, -0.2) is 4.79 Å². The third-order valence-corrected chi connectivity index (χ3v) is 5.08. The molecule has 2 aromatic heterocycles. The first kappa shape index (κ1) is 21.6. The summed E-state index contributed by atoms with van der Waals surface area (Å²) >= 11 is 0. The average molecular weight is 411 g/mol. The first-order valence-corrected chi connectivity index (χ1v) is 10.0. The van der Waals surface area contributed by atoms with Gasteiger partial charge in [-0.3, -0.25) is 9.36 Å². The van der Waals surface area contributed by atoms with Crippen LogP contribution in [0, 0.1) is 27.7 Å². The zero-order chi connectivity index (χ0) is 21.7. The Hall–Kier alpha value is -3.13. The van der Waals surface area contributed by atoms with Crippen molar-refractivity contribution in [2.45, 2.75) is 47.3 Å². The van der Waals surface area contributed by atoms with Crippen molar-refractivity contribution in [1.29, 1.82) is 0 Å². The molecule has 0 aliphatic heterocycles. The maximum atomic E-state index is 12.4. The molecule has 0 unspecified atom stereocenters. The van der Waals surface area contributed by atoms with Crippen LogP contribution >= 0.6 is 0 Å². The summed E-state index contributed by atoms with van der Waals surface area (Å²) in [5, 5.41) is 14.9. The van der Waals surface area contributed by atoms with Crippen molar-refractivity contribution in [1.82, 2.24) is 24.9 Å². The molecule has 0 fully saturated rings. The summed E-state index contributed by atoms with van der Waals surface area (Å²) in [6.45, 7) is 10.4. The molecule has 3 rings (SSSR count). The maximum absolute atomic E-state index is 12.4. The van der Waals surface area contributed by atoms with E-state index in [2.05, 4.69) is 26.9 Å². The summed E-state index contributed by atoms with van der Waals surface area (Å²) in [5.74, 6) is 0. The molecule has 3 aromatic rings. The van der Waals surface area contributed by atoms with Gasteiger partial charge in [0.05, 0.1) is 31.1 Å². The highest BCUT2D eigenvalue weighted by molar-refractivity contribution is 5.89. The first-order chi connectivity index (χ1) is 14.4. The number of rotatable bonds is 8. The Morgan fingerprint density at radius 3 is 2.60 bits per heavy atom. The highest BCUT2D eigenvalue weighted by Gasteiger charge is 2.12. The van der Waals surface area contributed by atoms with E-state index in [1.54, 1.807) is 7.11 Å². The second-order valence-electron chi connectivity index (χ2n) is 7.46. The Bertz CT molecular complexity index is 1020. The molecule has 0 bridgehead atoms. The number of nitrogens with one attached hydrogen (secondary N) is 2. The van der Waals surface area contributed by atoms with Crippen molar-refractivity contribution in [3.05, 3.63) is 64.2 Å². The molecular formula is C22H30N6O2. The summed E-state index contributed by atoms with van der Waals surface area (Å²) in [6, 6.07) is 9.61. The zero-order valence-corrected chi connectivity index (χ0v) is 18.3. The molecule has 0 spiro atoms. The molecule has 1 aromatic carbocycles. The molecule has 2 heterocycles. The van der Waals surface area contributed by atoms with Crippen LogP contribution in [0.25, 0.3) is 0 Å². The van der Waals surface area contributed by atoms with E-state index in [0.29, 0.717) is 26.2 Å². The molecule has 8 heteroatoms. The van der Waals surface area contributed by atoms with E-state index in [1.165, 1.54) is 0 Å². The van der Waals surface area contributed by atoms with Crippen molar-refractivity contribution in [2.24, 2.45) is 0 Å². The molecule has 0 atom stereocenters. The van der Waals surface area contributed by atoms with Gasteiger partial charge >= 0.3 is 6.03 Å². The predicted molar refractivity (Wildman–Crippen MR) is 117 cm³/mol. The molecule has 2 N–H and O–H groups in total. The Kier molecular flexibility index (Phi) is 6.89. The van der Waals surface area contributed by atoms with Gasteiger partial charge in [0.2, 0.25) is 0 Å². The van der Waals surface area contributed by atoms with E-state index < -0.39 is 0 Å². The maximum Gasteiger partial charge on any atom is 0.319 e. The number of hydrogen-bond donors (Lipinski definition) is 2. The monoisotopic (exact) mass is 410 g/mol. The van der Waals surface area contributed by atoms with Gasteiger partial charge in [0.25, 0.3) is 0 Å². The highest BCUT2D eigenvalue weighted by atomic mass is 16.5. The Morgan fingerprint density at radius 1 is 1.10 bits per heavy atom. The number of hydrogen-bond acceptors (Lipinski definition) is 4. The van der Waals surface area contributed by atoms with Gasteiger partial charge in [0.1, 0.15) is 0 Å². The molecule has 0 radical (unpaired) electrons. The lowest BCUT2D eigenvalue weighted by Crippen LogP contribution is -2.28. The van der Waals surface area contributed by atoms with E-state index in [9.17, 15) is 4.79 Å². The molecule has 160 valence electrons. The Labute approximate surface area is 177 Å². The van der Waals surface area contributed by atoms with Gasteiger partial charge in [-0.1, -0.05) is 12.1 Å². The second-order valence-corrected chi connectivity index (χ2v) is 7.46. The minimum absolute atomic E-state index is 0.248. The second kappa shape index (κ2) is 9.58. The molecule has 0 aliphatic carbocycles. The number of aromatic nitrogens is 4. The number of aryl methyl sites for hydroxylation is 3. The van der Waals surface area contributed by atoms with Gasteiger partial charge in [-0.05, 0) is 51.5 Å². The topological polar surface area (TPSA) is 86.0 Å². The van der Waals surface area contributed by atoms with E-state index in [1.807, 2.05) is 61.3 Å². The fourth-order valence-corrected chi connectivity index (χ4v) is 3.48. The molecule has 8 nitrogen and oxygen atoms in total. The predicted octanol–water partition coefficient (Wildman–Crippen LogP) is 3.33. The zero-order valence-electron chi connectivity index (χ0n) is 18.3. The summed E-state index contributed by atoms with van der Waals surface area (Å²) in [4.78, 5) is 12.4. The molecule has 0 saturated heterocycles. The van der Waals surface area contributed by atoms with Crippen molar-refractivity contribution < 1.29 is 9.53 Å². The lowest BCUT2D eigenvalue weighted by Gasteiger charge is -2.10. The van der Waals surface area contributed by atoms with E-state index in [4.69, 9.17) is 4.74 Å². The quantitative estimate of drug-likeness (QED) is 0.596. The summed E-state index contributed by atoms with van der Waals surface area (Å²) in [6.07, 6.45) is 0. The number of ether oxygens (including phenoxy) is 1. The van der Waals surface area contributed by atoms with Gasteiger partial charge in [-0.2, -0.15) is 10.2 Å². The largest absolute Gasteiger partial charge is 0.383 e. The summed E-state index contributed by atoms with van der Waals surface area (Å²) in [5.41, 5.74) is 6.91.